The summed E-state index contributed by atoms with van der Waals surface area (Å²) in [5, 5.41) is 3.12. The van der Waals surface area contributed by atoms with Gasteiger partial charge in [0.25, 0.3) is 5.91 Å². The Morgan fingerprint density at radius 2 is 1.90 bits per heavy atom. The number of hydrogen-bond acceptors (Lipinski definition) is 4. The first-order valence-corrected chi connectivity index (χ1v) is 10.7. The number of fused-ring (bicyclic) bond motifs is 1. The number of imidazole rings is 1. The summed E-state index contributed by atoms with van der Waals surface area (Å²) < 4.78 is 11.6. The van der Waals surface area contributed by atoms with Crippen LogP contribution < -0.4 is 14.8 Å². The maximum absolute atomic E-state index is 13.0. The Labute approximate surface area is 177 Å². The zero-order chi connectivity index (χ0) is 21.1. The molecular weight excluding hydrogens is 378 g/mol. The van der Waals surface area contributed by atoms with Crippen LogP contribution in [0.25, 0.3) is 11.0 Å². The smallest absolute Gasteiger partial charge is 0.252 e. The molecule has 0 aliphatic heterocycles. The summed E-state index contributed by atoms with van der Waals surface area (Å²) in [6.07, 6.45) is 4.77. The van der Waals surface area contributed by atoms with E-state index in [1.54, 1.807) is 19.2 Å². The molecule has 6 nitrogen and oxygen atoms in total. The number of H-pyrrole nitrogens is 1. The summed E-state index contributed by atoms with van der Waals surface area (Å²) in [6.45, 7) is 4.13. The van der Waals surface area contributed by atoms with E-state index in [2.05, 4.69) is 29.1 Å². The predicted octanol–water partition coefficient (Wildman–Crippen LogP) is 5.02. The normalized spacial score (nSPS) is 15.5. The SMILES string of the molecule is COc1cc(C(=O)NC(c2nc3ccccc3[nH]2)C(C)C)ccc1OC1CCCC1. The minimum Gasteiger partial charge on any atom is -0.493 e. The molecule has 1 aromatic heterocycles. The molecule has 0 radical (unpaired) electrons. The van der Waals surface area contributed by atoms with Crippen molar-refractivity contribution in [2.75, 3.05) is 7.11 Å². The van der Waals surface area contributed by atoms with Crippen molar-refractivity contribution in [2.45, 2.75) is 51.7 Å². The van der Waals surface area contributed by atoms with Crippen LogP contribution in [0.1, 0.15) is 61.8 Å². The third kappa shape index (κ3) is 4.27. The number of aromatic nitrogens is 2. The molecular formula is C24H29N3O3. The molecule has 1 fully saturated rings. The molecule has 1 heterocycles. The van der Waals surface area contributed by atoms with Gasteiger partial charge in [-0.3, -0.25) is 4.79 Å². The lowest BCUT2D eigenvalue weighted by Gasteiger charge is -2.21. The van der Waals surface area contributed by atoms with Crippen LogP contribution in [-0.2, 0) is 0 Å². The fourth-order valence-corrected chi connectivity index (χ4v) is 3.99. The number of methoxy groups -OCH3 is 1. The van der Waals surface area contributed by atoms with E-state index in [-0.39, 0.29) is 24.0 Å². The average molecular weight is 408 g/mol. The van der Waals surface area contributed by atoms with E-state index in [1.165, 1.54) is 12.8 Å². The predicted molar refractivity (Wildman–Crippen MR) is 117 cm³/mol. The number of carbonyl (C=O) groups is 1. The number of benzene rings is 2. The van der Waals surface area contributed by atoms with Gasteiger partial charge in [0.15, 0.2) is 11.5 Å². The second kappa shape index (κ2) is 8.78. The van der Waals surface area contributed by atoms with E-state index in [0.29, 0.717) is 17.1 Å². The summed E-state index contributed by atoms with van der Waals surface area (Å²) >= 11 is 0. The van der Waals surface area contributed by atoms with Crippen molar-refractivity contribution < 1.29 is 14.3 Å². The molecule has 158 valence electrons. The first kappa shape index (κ1) is 20.3. The zero-order valence-corrected chi connectivity index (χ0v) is 17.8. The van der Waals surface area contributed by atoms with E-state index in [0.717, 1.165) is 29.7 Å². The number of hydrogen-bond donors (Lipinski definition) is 2. The van der Waals surface area contributed by atoms with E-state index < -0.39 is 0 Å². The van der Waals surface area contributed by atoms with Gasteiger partial charge in [0.2, 0.25) is 0 Å². The number of rotatable bonds is 7. The minimum atomic E-state index is -0.231. The number of amides is 1. The van der Waals surface area contributed by atoms with Crippen molar-refractivity contribution in [1.82, 2.24) is 15.3 Å². The molecule has 1 amide bonds. The van der Waals surface area contributed by atoms with E-state index in [1.807, 2.05) is 30.3 Å². The fraction of sp³-hybridized carbons (Fsp3) is 0.417. The lowest BCUT2D eigenvalue weighted by atomic mass is 10.0. The van der Waals surface area contributed by atoms with Gasteiger partial charge >= 0.3 is 0 Å². The van der Waals surface area contributed by atoms with Crippen LogP contribution in [0.5, 0.6) is 11.5 Å². The summed E-state index contributed by atoms with van der Waals surface area (Å²) in [6, 6.07) is 13.0. The van der Waals surface area contributed by atoms with Gasteiger partial charge in [-0.25, -0.2) is 4.98 Å². The van der Waals surface area contributed by atoms with Crippen LogP contribution in [0.3, 0.4) is 0 Å². The molecule has 30 heavy (non-hydrogen) atoms. The number of nitrogens with zero attached hydrogens (tertiary/aromatic N) is 1. The largest absolute Gasteiger partial charge is 0.493 e. The summed E-state index contributed by atoms with van der Waals surface area (Å²) in [5.74, 6) is 2.03. The number of aromatic amines is 1. The standard InChI is InChI=1S/C24H29N3O3/c1-15(2)22(23-25-18-10-6-7-11-19(18)26-23)27-24(28)16-12-13-20(21(14-16)29-3)30-17-8-4-5-9-17/h6-7,10-15,17,22H,4-5,8-9H2,1-3H3,(H,25,26)(H,27,28). The van der Waals surface area contributed by atoms with Gasteiger partial charge in [0, 0.05) is 5.56 Å². The lowest BCUT2D eigenvalue weighted by molar-refractivity contribution is 0.0923. The molecule has 6 heteroatoms. The Bertz CT molecular complexity index is 988. The van der Waals surface area contributed by atoms with Gasteiger partial charge < -0.3 is 19.8 Å². The second-order valence-electron chi connectivity index (χ2n) is 8.22. The number of carbonyl (C=O) groups excluding carboxylic acids is 1. The van der Waals surface area contributed by atoms with Crippen LogP contribution in [0.15, 0.2) is 42.5 Å². The molecule has 1 atom stereocenters. The van der Waals surface area contributed by atoms with Crippen LogP contribution in [0, 0.1) is 5.92 Å². The Kier molecular flexibility index (Phi) is 5.93. The first-order valence-electron chi connectivity index (χ1n) is 10.7. The molecule has 0 saturated heterocycles. The van der Waals surface area contributed by atoms with Crippen molar-refractivity contribution in [3.05, 3.63) is 53.9 Å². The Morgan fingerprint density at radius 1 is 1.13 bits per heavy atom. The van der Waals surface area contributed by atoms with Crippen LogP contribution in [0.4, 0.5) is 0 Å². The Morgan fingerprint density at radius 3 is 2.60 bits per heavy atom. The van der Waals surface area contributed by atoms with Gasteiger partial charge in [0.1, 0.15) is 5.82 Å². The van der Waals surface area contributed by atoms with Gasteiger partial charge in [-0.2, -0.15) is 0 Å². The third-order valence-corrected chi connectivity index (χ3v) is 5.68. The van der Waals surface area contributed by atoms with E-state index in [9.17, 15) is 4.79 Å². The quantitative estimate of drug-likeness (QED) is 0.577. The van der Waals surface area contributed by atoms with Crippen molar-refractivity contribution in [2.24, 2.45) is 5.92 Å². The van der Waals surface area contributed by atoms with Crippen molar-refractivity contribution in [1.29, 1.82) is 0 Å². The highest BCUT2D eigenvalue weighted by molar-refractivity contribution is 5.95. The highest BCUT2D eigenvalue weighted by Gasteiger charge is 2.24. The molecule has 2 N–H and O–H groups in total. The maximum atomic E-state index is 13.0. The molecule has 4 rings (SSSR count). The summed E-state index contributed by atoms with van der Waals surface area (Å²) in [7, 11) is 1.60. The molecule has 3 aromatic rings. The Balaban J connectivity index is 1.53. The number of ether oxygens (including phenoxy) is 2. The van der Waals surface area contributed by atoms with E-state index in [4.69, 9.17) is 9.47 Å². The van der Waals surface area contributed by atoms with Crippen molar-refractivity contribution in [3.63, 3.8) is 0 Å². The molecule has 1 saturated carbocycles. The third-order valence-electron chi connectivity index (χ3n) is 5.68. The van der Waals surface area contributed by atoms with Gasteiger partial charge in [-0.15, -0.1) is 0 Å². The average Bonchev–Trinajstić information content (AvgIpc) is 3.41. The van der Waals surface area contributed by atoms with Crippen LogP contribution in [-0.4, -0.2) is 29.1 Å². The molecule has 1 aliphatic rings. The monoisotopic (exact) mass is 407 g/mol. The molecule has 1 aliphatic carbocycles. The van der Waals surface area contributed by atoms with Gasteiger partial charge in [0.05, 0.1) is 30.3 Å². The number of para-hydroxylation sites is 2. The minimum absolute atomic E-state index is 0.167. The molecule has 0 spiro atoms. The maximum Gasteiger partial charge on any atom is 0.252 e. The summed E-state index contributed by atoms with van der Waals surface area (Å²) in [4.78, 5) is 21.0. The first-order chi connectivity index (χ1) is 14.5. The lowest BCUT2D eigenvalue weighted by Crippen LogP contribution is -2.32. The van der Waals surface area contributed by atoms with Gasteiger partial charge in [-0.05, 0) is 61.9 Å². The number of nitrogens with one attached hydrogen (secondary N) is 2. The topological polar surface area (TPSA) is 76.2 Å². The highest BCUT2D eigenvalue weighted by Crippen LogP contribution is 2.32. The van der Waals surface area contributed by atoms with E-state index >= 15 is 0 Å². The van der Waals surface area contributed by atoms with Crippen molar-refractivity contribution in [3.8, 4) is 11.5 Å². The molecule has 1 unspecified atom stereocenters. The van der Waals surface area contributed by atoms with Gasteiger partial charge in [-0.1, -0.05) is 26.0 Å². The second-order valence-corrected chi connectivity index (χ2v) is 8.22. The summed E-state index contributed by atoms with van der Waals surface area (Å²) in [5.41, 5.74) is 2.39. The van der Waals surface area contributed by atoms with Crippen LogP contribution >= 0.6 is 0 Å². The highest BCUT2D eigenvalue weighted by atomic mass is 16.5. The van der Waals surface area contributed by atoms with Crippen molar-refractivity contribution >= 4 is 16.9 Å². The van der Waals surface area contributed by atoms with Crippen LogP contribution in [0.2, 0.25) is 0 Å². The zero-order valence-electron chi connectivity index (χ0n) is 17.8. The molecule has 2 aromatic carbocycles. The fourth-order valence-electron chi connectivity index (χ4n) is 3.99. The molecule has 0 bridgehead atoms. The Hall–Kier alpha value is -3.02.